The van der Waals surface area contributed by atoms with Gasteiger partial charge in [0.1, 0.15) is 23.2 Å². The van der Waals surface area contributed by atoms with E-state index in [1.807, 2.05) is 18.2 Å². The van der Waals surface area contributed by atoms with Gasteiger partial charge in [0.2, 0.25) is 0 Å². The van der Waals surface area contributed by atoms with Crippen LogP contribution in [0.4, 0.5) is 0 Å². The lowest BCUT2D eigenvalue weighted by molar-refractivity contribution is -0.0881. The molecule has 0 spiro atoms. The van der Waals surface area contributed by atoms with Gasteiger partial charge in [-0.3, -0.25) is 4.90 Å². The highest BCUT2D eigenvalue weighted by molar-refractivity contribution is 5.49. The van der Waals surface area contributed by atoms with Crippen LogP contribution in [0.15, 0.2) is 18.2 Å². The molecule has 1 N–H and O–H groups in total. The molecule has 4 nitrogen and oxygen atoms in total. The summed E-state index contributed by atoms with van der Waals surface area (Å²) in [5, 5.41) is 11.0. The van der Waals surface area contributed by atoms with Crippen molar-refractivity contribution in [1.82, 2.24) is 4.90 Å². The molecule has 4 heteroatoms. The predicted octanol–water partition coefficient (Wildman–Crippen LogP) is 2.75. The van der Waals surface area contributed by atoms with Crippen LogP contribution in [0.5, 0.6) is 11.5 Å². The molecule has 2 unspecified atom stereocenters. The van der Waals surface area contributed by atoms with Crippen LogP contribution in [0, 0.1) is 0 Å². The number of nitrogens with zero attached hydrogens (tertiary/aromatic N) is 1. The van der Waals surface area contributed by atoms with Crippen molar-refractivity contribution < 1.29 is 14.6 Å². The van der Waals surface area contributed by atoms with Crippen LogP contribution >= 0.6 is 0 Å². The molecule has 0 aliphatic carbocycles. The van der Waals surface area contributed by atoms with Crippen molar-refractivity contribution in [3.05, 3.63) is 23.8 Å². The first-order valence-corrected chi connectivity index (χ1v) is 7.82. The summed E-state index contributed by atoms with van der Waals surface area (Å²) in [6, 6.07) is 5.66. The molecule has 116 valence electrons. The first kappa shape index (κ1) is 14.7. The van der Waals surface area contributed by atoms with Gasteiger partial charge in [-0.25, -0.2) is 0 Å². The van der Waals surface area contributed by atoms with Crippen molar-refractivity contribution in [2.75, 3.05) is 20.2 Å². The molecule has 0 aromatic heterocycles. The number of piperidine rings is 1. The smallest absolute Gasteiger partial charge is 0.129 e. The van der Waals surface area contributed by atoms with E-state index in [0.29, 0.717) is 5.75 Å². The zero-order chi connectivity index (χ0) is 15.0. The summed E-state index contributed by atoms with van der Waals surface area (Å²) in [4.78, 5) is 2.38. The van der Waals surface area contributed by atoms with Gasteiger partial charge >= 0.3 is 0 Å². The Balaban J connectivity index is 2.01. The van der Waals surface area contributed by atoms with Crippen LogP contribution in [0.3, 0.4) is 0 Å². The van der Waals surface area contributed by atoms with Gasteiger partial charge in [-0.05, 0) is 51.9 Å². The third-order valence-electron chi connectivity index (χ3n) is 4.71. The molecule has 1 aromatic rings. The lowest BCUT2D eigenvalue weighted by atomic mass is 9.83. The Labute approximate surface area is 126 Å². The molecule has 2 aliphatic heterocycles. The molecule has 21 heavy (non-hydrogen) atoms. The van der Waals surface area contributed by atoms with E-state index in [9.17, 15) is 5.11 Å². The summed E-state index contributed by atoms with van der Waals surface area (Å²) >= 11 is 0. The fraction of sp³-hybridized carbons (Fsp3) is 0.647. The Morgan fingerprint density at radius 3 is 2.62 bits per heavy atom. The second kappa shape index (κ2) is 5.50. The van der Waals surface area contributed by atoms with Gasteiger partial charge < -0.3 is 14.6 Å². The topological polar surface area (TPSA) is 41.9 Å². The lowest BCUT2D eigenvalue weighted by Gasteiger charge is -2.49. The Kier molecular flexibility index (Phi) is 3.84. The van der Waals surface area contributed by atoms with E-state index < -0.39 is 11.7 Å². The predicted molar refractivity (Wildman–Crippen MR) is 81.9 cm³/mol. The molecule has 1 fully saturated rings. The highest BCUT2D eigenvalue weighted by atomic mass is 16.5. The number of hydrogen-bond donors (Lipinski definition) is 1. The summed E-state index contributed by atoms with van der Waals surface area (Å²) in [5.41, 5.74) is 0.366. The van der Waals surface area contributed by atoms with Gasteiger partial charge in [0.05, 0.1) is 18.7 Å². The van der Waals surface area contributed by atoms with Crippen molar-refractivity contribution in [3.8, 4) is 11.5 Å². The van der Waals surface area contributed by atoms with E-state index in [4.69, 9.17) is 9.47 Å². The first-order valence-electron chi connectivity index (χ1n) is 7.82. The Hall–Kier alpha value is -1.26. The van der Waals surface area contributed by atoms with Crippen LogP contribution in [0.25, 0.3) is 0 Å². The first-order chi connectivity index (χ1) is 10.0. The number of benzene rings is 1. The Morgan fingerprint density at radius 1 is 1.24 bits per heavy atom. The molecule has 0 amide bonds. The van der Waals surface area contributed by atoms with Crippen LogP contribution < -0.4 is 9.47 Å². The Morgan fingerprint density at radius 2 is 1.95 bits per heavy atom. The average Bonchev–Trinajstić information content (AvgIpc) is 2.46. The number of aliphatic hydroxyl groups excluding tert-OH is 1. The second-order valence-electron chi connectivity index (χ2n) is 6.56. The van der Waals surface area contributed by atoms with Gasteiger partial charge in [0.15, 0.2) is 0 Å². The number of methoxy groups -OCH3 is 1. The number of hydrogen-bond acceptors (Lipinski definition) is 4. The number of rotatable bonds is 2. The second-order valence-corrected chi connectivity index (χ2v) is 6.56. The molecule has 0 bridgehead atoms. The molecule has 2 atom stereocenters. The highest BCUT2D eigenvalue weighted by Crippen LogP contribution is 2.46. The normalized spacial score (nSPS) is 28.6. The summed E-state index contributed by atoms with van der Waals surface area (Å²) in [6.45, 7) is 6.19. The SMILES string of the molecule is COc1cccc2c1C(O)C(N1CCCCC1)C(C)(C)O2. The van der Waals surface area contributed by atoms with Gasteiger partial charge in [-0.1, -0.05) is 12.5 Å². The maximum atomic E-state index is 11.0. The van der Waals surface area contributed by atoms with Crippen molar-refractivity contribution in [3.63, 3.8) is 0 Å². The maximum Gasteiger partial charge on any atom is 0.129 e. The zero-order valence-corrected chi connectivity index (χ0v) is 13.1. The van der Waals surface area contributed by atoms with E-state index in [0.717, 1.165) is 24.4 Å². The van der Waals surface area contributed by atoms with E-state index in [1.54, 1.807) is 7.11 Å². The van der Waals surface area contributed by atoms with Crippen molar-refractivity contribution in [2.45, 2.75) is 50.9 Å². The average molecular weight is 291 g/mol. The number of ether oxygens (including phenoxy) is 2. The Bertz CT molecular complexity index is 509. The molecule has 0 radical (unpaired) electrons. The third kappa shape index (κ3) is 2.51. The van der Waals surface area contributed by atoms with Crippen molar-refractivity contribution in [2.24, 2.45) is 0 Å². The van der Waals surface area contributed by atoms with Crippen molar-refractivity contribution >= 4 is 0 Å². The number of aliphatic hydroxyl groups is 1. The fourth-order valence-electron chi connectivity index (χ4n) is 3.80. The van der Waals surface area contributed by atoms with Crippen LogP contribution in [-0.2, 0) is 0 Å². The maximum absolute atomic E-state index is 11.0. The minimum absolute atomic E-state index is 0.0402. The molecule has 3 rings (SSSR count). The van der Waals surface area contributed by atoms with Crippen molar-refractivity contribution in [1.29, 1.82) is 0 Å². The number of fused-ring (bicyclic) bond motifs is 1. The number of likely N-dealkylation sites (tertiary alicyclic amines) is 1. The molecule has 2 heterocycles. The molecular weight excluding hydrogens is 266 g/mol. The summed E-state index contributed by atoms with van der Waals surface area (Å²) < 4.78 is 11.6. The van der Waals surface area contributed by atoms with Gasteiger partial charge in [0, 0.05) is 0 Å². The van der Waals surface area contributed by atoms with Gasteiger partial charge in [-0.15, -0.1) is 0 Å². The minimum atomic E-state index is -0.585. The summed E-state index contributed by atoms with van der Waals surface area (Å²) in [7, 11) is 1.64. The fourth-order valence-corrected chi connectivity index (χ4v) is 3.80. The van der Waals surface area contributed by atoms with Gasteiger partial charge in [-0.2, -0.15) is 0 Å². The van der Waals surface area contributed by atoms with E-state index in [2.05, 4.69) is 18.7 Å². The zero-order valence-electron chi connectivity index (χ0n) is 13.1. The largest absolute Gasteiger partial charge is 0.496 e. The molecule has 1 saturated heterocycles. The van der Waals surface area contributed by atoms with Gasteiger partial charge in [0.25, 0.3) is 0 Å². The quantitative estimate of drug-likeness (QED) is 0.910. The van der Waals surface area contributed by atoms with Crippen LogP contribution in [0.2, 0.25) is 0 Å². The summed E-state index contributed by atoms with van der Waals surface area (Å²) in [6.07, 6.45) is 3.08. The minimum Gasteiger partial charge on any atom is -0.496 e. The molecule has 0 saturated carbocycles. The molecular formula is C17H25NO3. The highest BCUT2D eigenvalue weighted by Gasteiger charge is 2.47. The lowest BCUT2D eigenvalue weighted by Crippen LogP contribution is -2.59. The standard InChI is InChI=1S/C17H25NO3/c1-17(2)16(18-10-5-4-6-11-18)15(19)14-12(20-3)8-7-9-13(14)21-17/h7-9,15-16,19H,4-6,10-11H2,1-3H3. The molecule has 2 aliphatic rings. The van der Waals surface area contributed by atoms with Crippen LogP contribution in [-0.4, -0.2) is 41.8 Å². The van der Waals surface area contributed by atoms with E-state index in [1.165, 1.54) is 19.3 Å². The van der Waals surface area contributed by atoms with Crippen LogP contribution in [0.1, 0.15) is 44.8 Å². The van der Waals surface area contributed by atoms with E-state index in [-0.39, 0.29) is 6.04 Å². The summed E-state index contributed by atoms with van der Waals surface area (Å²) in [5.74, 6) is 1.44. The third-order valence-corrected chi connectivity index (χ3v) is 4.71. The monoisotopic (exact) mass is 291 g/mol. The van der Waals surface area contributed by atoms with E-state index >= 15 is 0 Å². The molecule has 1 aromatic carbocycles.